The van der Waals surface area contributed by atoms with Crippen LogP contribution < -0.4 is 10.1 Å². The molecular formula is C16H25NO3. The minimum atomic E-state index is -0.496. The first-order chi connectivity index (χ1) is 9.62. The lowest BCUT2D eigenvalue weighted by atomic mass is 10.1. The summed E-state index contributed by atoms with van der Waals surface area (Å²) in [4.78, 5) is 12.2. The topological polar surface area (TPSA) is 58.6 Å². The molecule has 1 amide bonds. The number of aryl methyl sites for hydroxylation is 1. The molecule has 0 fully saturated rings. The zero-order valence-electron chi connectivity index (χ0n) is 12.6. The number of aliphatic hydroxyl groups is 1. The van der Waals surface area contributed by atoms with Gasteiger partial charge in [-0.15, -0.1) is 0 Å². The molecule has 0 saturated heterocycles. The van der Waals surface area contributed by atoms with Gasteiger partial charge in [0.05, 0.1) is 0 Å². The first-order valence-corrected chi connectivity index (χ1v) is 7.25. The molecule has 0 bridgehead atoms. The summed E-state index contributed by atoms with van der Waals surface area (Å²) in [6.45, 7) is 5.95. The molecule has 2 N–H and O–H groups in total. The van der Waals surface area contributed by atoms with Crippen LogP contribution in [0, 0.1) is 6.92 Å². The fourth-order valence-electron chi connectivity index (χ4n) is 1.99. The summed E-state index contributed by atoms with van der Waals surface area (Å²) in [5.74, 6) is 0.626. The van der Waals surface area contributed by atoms with Gasteiger partial charge in [0, 0.05) is 12.6 Å². The highest BCUT2D eigenvalue weighted by Gasteiger charge is 2.21. The first kappa shape index (κ1) is 16.5. The van der Waals surface area contributed by atoms with Gasteiger partial charge in [0.2, 0.25) is 0 Å². The van der Waals surface area contributed by atoms with Crippen LogP contribution in [0.3, 0.4) is 0 Å². The Morgan fingerprint density at radius 1 is 1.30 bits per heavy atom. The van der Waals surface area contributed by atoms with Crippen LogP contribution in [0.2, 0.25) is 0 Å². The molecule has 1 aromatic carbocycles. The van der Waals surface area contributed by atoms with Crippen molar-refractivity contribution in [2.24, 2.45) is 0 Å². The monoisotopic (exact) mass is 279 g/mol. The van der Waals surface area contributed by atoms with Crippen molar-refractivity contribution in [3.63, 3.8) is 0 Å². The standard InChI is InChI=1S/C16H25NO3/c1-4-13(10-11-18)17-16(19)14(5-2)20-15-9-7-6-8-12(15)3/h6-9,13-14,18H,4-5,10-11H2,1-3H3,(H,17,19). The van der Waals surface area contributed by atoms with E-state index in [9.17, 15) is 4.79 Å². The van der Waals surface area contributed by atoms with Gasteiger partial charge in [-0.05, 0) is 37.8 Å². The highest BCUT2D eigenvalue weighted by atomic mass is 16.5. The molecule has 20 heavy (non-hydrogen) atoms. The lowest BCUT2D eigenvalue weighted by molar-refractivity contribution is -0.129. The molecule has 1 aromatic rings. The second-order valence-electron chi connectivity index (χ2n) is 4.91. The largest absolute Gasteiger partial charge is 0.480 e. The van der Waals surface area contributed by atoms with Crippen LogP contribution in [0.25, 0.3) is 0 Å². The number of aliphatic hydroxyl groups excluding tert-OH is 1. The fourth-order valence-corrected chi connectivity index (χ4v) is 1.99. The molecule has 2 unspecified atom stereocenters. The van der Waals surface area contributed by atoms with Gasteiger partial charge in [0.1, 0.15) is 5.75 Å². The zero-order valence-corrected chi connectivity index (χ0v) is 12.6. The van der Waals surface area contributed by atoms with E-state index in [1.165, 1.54) is 0 Å². The van der Waals surface area contributed by atoms with E-state index in [-0.39, 0.29) is 18.6 Å². The molecule has 2 atom stereocenters. The molecule has 4 nitrogen and oxygen atoms in total. The van der Waals surface area contributed by atoms with Gasteiger partial charge in [-0.25, -0.2) is 0 Å². The molecule has 0 heterocycles. The Bertz CT molecular complexity index is 420. The molecular weight excluding hydrogens is 254 g/mol. The quantitative estimate of drug-likeness (QED) is 0.768. The first-order valence-electron chi connectivity index (χ1n) is 7.25. The normalized spacial score (nSPS) is 13.6. The molecule has 1 rings (SSSR count). The number of amides is 1. The Morgan fingerprint density at radius 3 is 2.55 bits per heavy atom. The Hall–Kier alpha value is -1.55. The van der Waals surface area contributed by atoms with Crippen LogP contribution in [-0.2, 0) is 4.79 Å². The molecule has 112 valence electrons. The van der Waals surface area contributed by atoms with Crippen molar-refractivity contribution >= 4 is 5.91 Å². The average molecular weight is 279 g/mol. The van der Waals surface area contributed by atoms with Crippen LogP contribution >= 0.6 is 0 Å². The Labute approximate surface area is 121 Å². The van der Waals surface area contributed by atoms with E-state index in [1.807, 2.05) is 45.0 Å². The van der Waals surface area contributed by atoms with Crippen LogP contribution in [0.15, 0.2) is 24.3 Å². The van der Waals surface area contributed by atoms with Gasteiger partial charge >= 0.3 is 0 Å². The smallest absolute Gasteiger partial charge is 0.261 e. The second-order valence-corrected chi connectivity index (χ2v) is 4.91. The van der Waals surface area contributed by atoms with Crippen LogP contribution in [0.4, 0.5) is 0 Å². The molecule has 0 spiro atoms. The summed E-state index contributed by atoms with van der Waals surface area (Å²) in [5.41, 5.74) is 1.01. The van der Waals surface area contributed by atoms with Gasteiger partial charge in [0.15, 0.2) is 6.10 Å². The second kappa shape index (κ2) is 8.59. The molecule has 0 aromatic heterocycles. The number of carbonyl (C=O) groups is 1. The summed E-state index contributed by atoms with van der Waals surface area (Å²) < 4.78 is 5.81. The summed E-state index contributed by atoms with van der Waals surface area (Å²) >= 11 is 0. The van der Waals surface area contributed by atoms with E-state index >= 15 is 0 Å². The Balaban J connectivity index is 2.66. The molecule has 0 aliphatic heterocycles. The van der Waals surface area contributed by atoms with Gasteiger partial charge in [0.25, 0.3) is 5.91 Å². The van der Waals surface area contributed by atoms with E-state index in [0.717, 1.165) is 17.7 Å². The average Bonchev–Trinajstić information content (AvgIpc) is 2.45. The number of ether oxygens (including phenoxy) is 1. The number of hydrogen-bond donors (Lipinski definition) is 2. The van der Waals surface area contributed by atoms with Crippen molar-refractivity contribution in [2.75, 3.05) is 6.61 Å². The molecule has 0 radical (unpaired) electrons. The van der Waals surface area contributed by atoms with Crippen LogP contribution in [0.1, 0.15) is 38.7 Å². The van der Waals surface area contributed by atoms with E-state index in [0.29, 0.717) is 12.8 Å². The van der Waals surface area contributed by atoms with Crippen molar-refractivity contribution in [1.29, 1.82) is 0 Å². The number of benzene rings is 1. The maximum Gasteiger partial charge on any atom is 0.261 e. The third-order valence-corrected chi connectivity index (χ3v) is 3.34. The van der Waals surface area contributed by atoms with Crippen molar-refractivity contribution in [3.8, 4) is 5.75 Å². The zero-order chi connectivity index (χ0) is 15.0. The number of nitrogens with one attached hydrogen (secondary N) is 1. The number of rotatable bonds is 8. The summed E-state index contributed by atoms with van der Waals surface area (Å²) in [6.07, 6.45) is 1.48. The minimum Gasteiger partial charge on any atom is -0.480 e. The van der Waals surface area contributed by atoms with E-state index in [1.54, 1.807) is 0 Å². The SMILES string of the molecule is CCC(CCO)NC(=O)C(CC)Oc1ccccc1C. The van der Waals surface area contributed by atoms with E-state index < -0.39 is 6.10 Å². The van der Waals surface area contributed by atoms with Crippen LogP contribution in [0.5, 0.6) is 5.75 Å². The fraction of sp³-hybridized carbons (Fsp3) is 0.562. The number of carbonyl (C=O) groups excluding carboxylic acids is 1. The molecule has 4 heteroatoms. The van der Waals surface area contributed by atoms with E-state index in [2.05, 4.69) is 5.32 Å². The maximum atomic E-state index is 12.2. The van der Waals surface area contributed by atoms with Crippen molar-refractivity contribution in [1.82, 2.24) is 5.32 Å². The van der Waals surface area contributed by atoms with Crippen molar-refractivity contribution < 1.29 is 14.6 Å². The van der Waals surface area contributed by atoms with Gasteiger partial charge in [-0.3, -0.25) is 4.79 Å². The minimum absolute atomic E-state index is 0.00187. The van der Waals surface area contributed by atoms with Crippen molar-refractivity contribution in [3.05, 3.63) is 29.8 Å². The van der Waals surface area contributed by atoms with Crippen molar-refractivity contribution in [2.45, 2.75) is 52.2 Å². The summed E-state index contributed by atoms with van der Waals surface area (Å²) in [6, 6.07) is 7.67. The maximum absolute atomic E-state index is 12.2. The third-order valence-electron chi connectivity index (χ3n) is 3.34. The molecule has 0 saturated carbocycles. The lowest BCUT2D eigenvalue weighted by Crippen LogP contribution is -2.43. The van der Waals surface area contributed by atoms with Crippen LogP contribution in [-0.4, -0.2) is 29.8 Å². The van der Waals surface area contributed by atoms with E-state index in [4.69, 9.17) is 9.84 Å². The number of hydrogen-bond acceptors (Lipinski definition) is 3. The predicted molar refractivity (Wildman–Crippen MR) is 79.8 cm³/mol. The molecule has 0 aliphatic rings. The number of para-hydroxylation sites is 1. The van der Waals surface area contributed by atoms with Gasteiger partial charge in [-0.2, -0.15) is 0 Å². The Kier molecular flexibility index (Phi) is 7.09. The molecule has 0 aliphatic carbocycles. The highest BCUT2D eigenvalue weighted by molar-refractivity contribution is 5.81. The lowest BCUT2D eigenvalue weighted by Gasteiger charge is -2.22. The highest BCUT2D eigenvalue weighted by Crippen LogP contribution is 2.19. The summed E-state index contributed by atoms with van der Waals surface area (Å²) in [5, 5.41) is 11.9. The summed E-state index contributed by atoms with van der Waals surface area (Å²) in [7, 11) is 0. The predicted octanol–water partition coefficient (Wildman–Crippen LogP) is 2.43. The van der Waals surface area contributed by atoms with Gasteiger partial charge in [-0.1, -0.05) is 32.0 Å². The van der Waals surface area contributed by atoms with Gasteiger partial charge < -0.3 is 15.2 Å². The third kappa shape index (κ3) is 4.85. The Morgan fingerprint density at radius 2 is 2.00 bits per heavy atom.